The number of aromatic nitrogens is 2. The van der Waals surface area contributed by atoms with Crippen LogP contribution in [0.2, 0.25) is 0 Å². The molecule has 5 heteroatoms. The first kappa shape index (κ1) is 12.4. The van der Waals surface area contributed by atoms with Gasteiger partial charge in [-0.25, -0.2) is 0 Å². The van der Waals surface area contributed by atoms with E-state index >= 15 is 0 Å². The number of ether oxygens (including phenoxy) is 2. The van der Waals surface area contributed by atoms with E-state index in [1.54, 1.807) is 14.2 Å². The first-order valence-corrected chi connectivity index (χ1v) is 5.67. The number of aromatic amines is 1. The second kappa shape index (κ2) is 5.10. The summed E-state index contributed by atoms with van der Waals surface area (Å²) in [4.78, 5) is 0. The molecule has 0 fully saturated rings. The molecular weight excluding hydrogens is 230 g/mol. The molecule has 96 valence electrons. The number of rotatable bonds is 4. The highest BCUT2D eigenvalue weighted by Crippen LogP contribution is 2.34. The summed E-state index contributed by atoms with van der Waals surface area (Å²) >= 11 is 0. The van der Waals surface area contributed by atoms with Crippen LogP contribution in [0.15, 0.2) is 18.2 Å². The summed E-state index contributed by atoms with van der Waals surface area (Å²) in [6.45, 7) is 2.43. The molecule has 1 aromatic carbocycles. The second-order valence-corrected chi connectivity index (χ2v) is 3.95. The molecule has 0 unspecified atom stereocenters. The zero-order chi connectivity index (χ0) is 13.1. The Balaban J connectivity index is 2.52. The predicted molar refractivity (Wildman–Crippen MR) is 69.8 cm³/mol. The molecule has 0 amide bonds. The molecule has 2 rings (SSSR count). The van der Waals surface area contributed by atoms with Gasteiger partial charge in [0.25, 0.3) is 0 Å². The summed E-state index contributed by atoms with van der Waals surface area (Å²) in [5.74, 6) is 1.48. The Morgan fingerprint density at radius 3 is 2.61 bits per heavy atom. The van der Waals surface area contributed by atoms with Gasteiger partial charge in [-0.2, -0.15) is 5.10 Å². The number of nitrogens with two attached hydrogens (primary N) is 1. The van der Waals surface area contributed by atoms with E-state index in [4.69, 9.17) is 15.2 Å². The fraction of sp³-hybridized carbons (Fsp3) is 0.308. The smallest absolute Gasteiger partial charge is 0.132 e. The third-order valence-corrected chi connectivity index (χ3v) is 2.98. The third kappa shape index (κ3) is 2.04. The lowest BCUT2D eigenvalue weighted by Crippen LogP contribution is -1.98. The standard InChI is InChI=1S/C13H17N3O2/c1-8-11(7-14)15-16-13(8)10-5-4-9(17-2)6-12(10)18-3/h4-6H,7,14H2,1-3H3,(H,15,16). The fourth-order valence-electron chi connectivity index (χ4n) is 1.89. The van der Waals surface area contributed by atoms with Crippen molar-refractivity contribution >= 4 is 0 Å². The second-order valence-electron chi connectivity index (χ2n) is 3.95. The van der Waals surface area contributed by atoms with Crippen molar-refractivity contribution in [3.8, 4) is 22.8 Å². The van der Waals surface area contributed by atoms with Crippen LogP contribution in [-0.2, 0) is 6.54 Å². The summed E-state index contributed by atoms with van der Waals surface area (Å²) in [6.07, 6.45) is 0. The van der Waals surface area contributed by atoms with E-state index in [0.717, 1.165) is 34.0 Å². The van der Waals surface area contributed by atoms with Crippen LogP contribution in [0.1, 0.15) is 11.3 Å². The average molecular weight is 247 g/mol. The van der Waals surface area contributed by atoms with E-state index in [9.17, 15) is 0 Å². The van der Waals surface area contributed by atoms with Crippen molar-refractivity contribution < 1.29 is 9.47 Å². The quantitative estimate of drug-likeness (QED) is 0.865. The van der Waals surface area contributed by atoms with E-state index in [-0.39, 0.29) is 0 Å². The minimum Gasteiger partial charge on any atom is -0.497 e. The lowest BCUT2D eigenvalue weighted by atomic mass is 10.1. The zero-order valence-electron chi connectivity index (χ0n) is 10.8. The normalized spacial score (nSPS) is 10.4. The fourth-order valence-corrected chi connectivity index (χ4v) is 1.89. The minimum atomic E-state index is 0.442. The Bertz CT molecular complexity index is 549. The number of methoxy groups -OCH3 is 2. The predicted octanol–water partition coefficient (Wildman–Crippen LogP) is 1.86. The first-order valence-electron chi connectivity index (χ1n) is 5.67. The van der Waals surface area contributed by atoms with Gasteiger partial charge >= 0.3 is 0 Å². The molecule has 0 atom stereocenters. The van der Waals surface area contributed by atoms with Gasteiger partial charge in [0.05, 0.1) is 25.6 Å². The molecule has 1 aromatic heterocycles. The van der Waals surface area contributed by atoms with Gasteiger partial charge in [0.15, 0.2) is 0 Å². The van der Waals surface area contributed by atoms with E-state index < -0.39 is 0 Å². The number of nitrogens with one attached hydrogen (secondary N) is 1. The molecule has 18 heavy (non-hydrogen) atoms. The van der Waals surface area contributed by atoms with Crippen LogP contribution in [0.3, 0.4) is 0 Å². The molecule has 1 heterocycles. The van der Waals surface area contributed by atoms with Gasteiger partial charge < -0.3 is 15.2 Å². The minimum absolute atomic E-state index is 0.442. The summed E-state index contributed by atoms with van der Waals surface area (Å²) in [6, 6.07) is 5.65. The highest BCUT2D eigenvalue weighted by molar-refractivity contribution is 5.71. The first-order chi connectivity index (χ1) is 8.71. The Morgan fingerprint density at radius 1 is 1.28 bits per heavy atom. The van der Waals surface area contributed by atoms with Gasteiger partial charge in [-0.05, 0) is 24.6 Å². The molecule has 0 saturated carbocycles. The highest BCUT2D eigenvalue weighted by atomic mass is 16.5. The number of H-pyrrole nitrogens is 1. The molecule has 0 aliphatic heterocycles. The molecular formula is C13H17N3O2. The lowest BCUT2D eigenvalue weighted by Gasteiger charge is -2.09. The Morgan fingerprint density at radius 2 is 2.06 bits per heavy atom. The van der Waals surface area contributed by atoms with Gasteiger partial charge in [0.2, 0.25) is 0 Å². The zero-order valence-corrected chi connectivity index (χ0v) is 10.8. The van der Waals surface area contributed by atoms with Crippen LogP contribution in [0.25, 0.3) is 11.3 Å². The Labute approximate surface area is 106 Å². The van der Waals surface area contributed by atoms with Crippen molar-refractivity contribution in [1.82, 2.24) is 10.2 Å². The Hall–Kier alpha value is -2.01. The molecule has 2 aromatic rings. The van der Waals surface area contributed by atoms with Gasteiger partial charge in [-0.15, -0.1) is 0 Å². The molecule has 0 aliphatic carbocycles. The summed E-state index contributed by atoms with van der Waals surface area (Å²) < 4.78 is 10.6. The highest BCUT2D eigenvalue weighted by Gasteiger charge is 2.14. The summed E-state index contributed by atoms with van der Waals surface area (Å²) in [5.41, 5.74) is 9.39. The van der Waals surface area contributed by atoms with E-state index in [0.29, 0.717) is 6.54 Å². The number of hydrogen-bond donors (Lipinski definition) is 2. The van der Waals surface area contributed by atoms with Crippen LogP contribution >= 0.6 is 0 Å². The maximum absolute atomic E-state index is 5.64. The maximum atomic E-state index is 5.64. The van der Waals surface area contributed by atoms with Crippen LogP contribution in [0.4, 0.5) is 0 Å². The van der Waals surface area contributed by atoms with Crippen molar-refractivity contribution in [3.05, 3.63) is 29.5 Å². The molecule has 0 bridgehead atoms. The average Bonchev–Trinajstić information content (AvgIpc) is 2.78. The van der Waals surface area contributed by atoms with Gasteiger partial charge in [-0.3, -0.25) is 5.10 Å². The molecule has 3 N–H and O–H groups in total. The number of hydrogen-bond acceptors (Lipinski definition) is 4. The molecule has 0 radical (unpaired) electrons. The maximum Gasteiger partial charge on any atom is 0.132 e. The number of benzene rings is 1. The largest absolute Gasteiger partial charge is 0.497 e. The van der Waals surface area contributed by atoms with E-state index in [1.165, 1.54) is 0 Å². The van der Waals surface area contributed by atoms with Crippen molar-refractivity contribution in [2.24, 2.45) is 5.73 Å². The molecule has 0 spiro atoms. The van der Waals surface area contributed by atoms with Crippen LogP contribution in [-0.4, -0.2) is 24.4 Å². The van der Waals surface area contributed by atoms with Crippen LogP contribution in [0, 0.1) is 6.92 Å². The molecule has 0 saturated heterocycles. The topological polar surface area (TPSA) is 73.2 Å². The van der Waals surface area contributed by atoms with Crippen LogP contribution in [0.5, 0.6) is 11.5 Å². The van der Waals surface area contributed by atoms with E-state index in [2.05, 4.69) is 10.2 Å². The monoisotopic (exact) mass is 247 g/mol. The van der Waals surface area contributed by atoms with Crippen LogP contribution < -0.4 is 15.2 Å². The van der Waals surface area contributed by atoms with Gasteiger partial charge in [0.1, 0.15) is 11.5 Å². The number of nitrogens with zero attached hydrogens (tertiary/aromatic N) is 1. The molecule has 0 aliphatic rings. The van der Waals surface area contributed by atoms with Crippen molar-refractivity contribution in [2.75, 3.05) is 14.2 Å². The SMILES string of the molecule is COc1ccc(-c2n[nH]c(CN)c2C)c(OC)c1. The van der Waals surface area contributed by atoms with E-state index in [1.807, 2.05) is 25.1 Å². The lowest BCUT2D eigenvalue weighted by molar-refractivity contribution is 0.395. The van der Waals surface area contributed by atoms with Gasteiger partial charge in [-0.1, -0.05) is 0 Å². The Kier molecular flexibility index (Phi) is 3.53. The van der Waals surface area contributed by atoms with Crippen molar-refractivity contribution in [3.63, 3.8) is 0 Å². The third-order valence-electron chi connectivity index (χ3n) is 2.98. The van der Waals surface area contributed by atoms with Crippen molar-refractivity contribution in [1.29, 1.82) is 0 Å². The van der Waals surface area contributed by atoms with Gasteiger partial charge in [0, 0.05) is 18.2 Å². The summed E-state index contributed by atoms with van der Waals surface area (Å²) in [5, 5.41) is 7.24. The molecule has 5 nitrogen and oxygen atoms in total. The summed E-state index contributed by atoms with van der Waals surface area (Å²) in [7, 11) is 3.25. The van der Waals surface area contributed by atoms with Crippen molar-refractivity contribution in [2.45, 2.75) is 13.5 Å².